The van der Waals surface area contributed by atoms with Gasteiger partial charge in [-0.3, -0.25) is 4.79 Å². The fourth-order valence-electron chi connectivity index (χ4n) is 3.84. The van der Waals surface area contributed by atoms with Crippen LogP contribution in [0.4, 0.5) is 0 Å². The Morgan fingerprint density at radius 1 is 1.20 bits per heavy atom. The number of likely N-dealkylation sites (tertiary alicyclic amines) is 1. The van der Waals surface area contributed by atoms with Gasteiger partial charge in [-0.25, -0.2) is 9.97 Å². The molecule has 0 radical (unpaired) electrons. The number of amides is 1. The summed E-state index contributed by atoms with van der Waals surface area (Å²) in [4.78, 5) is 24.0. The van der Waals surface area contributed by atoms with Gasteiger partial charge < -0.3 is 9.47 Å². The number of aromatic nitrogens is 3. The van der Waals surface area contributed by atoms with Crippen molar-refractivity contribution in [1.29, 1.82) is 0 Å². The van der Waals surface area contributed by atoms with E-state index in [2.05, 4.69) is 15.6 Å². The average molecular weight is 334 g/mol. The van der Waals surface area contributed by atoms with Gasteiger partial charge in [0.15, 0.2) is 5.65 Å². The van der Waals surface area contributed by atoms with E-state index in [1.54, 1.807) is 6.20 Å². The molecule has 3 heterocycles. The number of imidazole rings is 1. The molecule has 0 unspecified atom stereocenters. The van der Waals surface area contributed by atoms with Gasteiger partial charge in [-0.1, -0.05) is 17.2 Å². The molecular weight excluding hydrogens is 312 g/mol. The van der Waals surface area contributed by atoms with Gasteiger partial charge in [0, 0.05) is 37.8 Å². The summed E-state index contributed by atoms with van der Waals surface area (Å²) in [6.07, 6.45) is 2.73. The maximum absolute atomic E-state index is 12.9. The summed E-state index contributed by atoms with van der Waals surface area (Å²) in [5, 5.41) is 0. The molecule has 5 nitrogen and oxygen atoms in total. The van der Waals surface area contributed by atoms with Crippen molar-refractivity contribution in [2.24, 2.45) is 7.05 Å². The lowest BCUT2D eigenvalue weighted by molar-refractivity contribution is 0.0790. The maximum Gasteiger partial charge on any atom is 0.253 e. The van der Waals surface area contributed by atoms with Gasteiger partial charge in [0.25, 0.3) is 5.91 Å². The molecule has 1 fully saturated rings. The third-order valence-electron chi connectivity index (χ3n) is 4.97. The summed E-state index contributed by atoms with van der Waals surface area (Å²) < 4.78 is 2.06. The van der Waals surface area contributed by atoms with E-state index < -0.39 is 0 Å². The average Bonchev–Trinajstić information content (AvgIpc) is 3.19. The van der Waals surface area contributed by atoms with Crippen molar-refractivity contribution < 1.29 is 4.79 Å². The van der Waals surface area contributed by atoms with E-state index in [-0.39, 0.29) is 11.8 Å². The molecule has 0 saturated carbocycles. The number of fused-ring (bicyclic) bond motifs is 1. The van der Waals surface area contributed by atoms with Gasteiger partial charge in [-0.05, 0) is 44.5 Å². The number of hydrogen-bond donors (Lipinski definition) is 0. The van der Waals surface area contributed by atoms with Gasteiger partial charge in [0.2, 0.25) is 0 Å². The highest BCUT2D eigenvalue weighted by Crippen LogP contribution is 2.29. The van der Waals surface area contributed by atoms with Crippen LogP contribution in [0.2, 0.25) is 0 Å². The minimum Gasteiger partial charge on any atom is -0.338 e. The lowest BCUT2D eigenvalue weighted by Crippen LogP contribution is -2.28. The van der Waals surface area contributed by atoms with Crippen LogP contribution in [0.15, 0.2) is 36.5 Å². The van der Waals surface area contributed by atoms with Crippen molar-refractivity contribution in [2.45, 2.75) is 26.2 Å². The number of rotatable bonds is 2. The molecular formula is C20H22N4O. The molecule has 0 bridgehead atoms. The van der Waals surface area contributed by atoms with E-state index >= 15 is 0 Å². The maximum atomic E-state index is 12.9. The van der Waals surface area contributed by atoms with Crippen LogP contribution < -0.4 is 0 Å². The first-order chi connectivity index (χ1) is 12.0. The number of carbonyl (C=O) groups excluding carboxylic acids is 1. The van der Waals surface area contributed by atoms with Crippen LogP contribution in [0.25, 0.3) is 11.2 Å². The highest BCUT2D eigenvalue weighted by atomic mass is 16.2. The molecule has 1 aliphatic rings. The highest BCUT2D eigenvalue weighted by Gasteiger charge is 2.31. The second-order valence-electron chi connectivity index (χ2n) is 6.99. The second-order valence-corrected chi connectivity index (χ2v) is 6.99. The van der Waals surface area contributed by atoms with Gasteiger partial charge in [0.05, 0.1) is 0 Å². The molecule has 128 valence electrons. The Morgan fingerprint density at radius 2 is 1.96 bits per heavy atom. The van der Waals surface area contributed by atoms with E-state index in [1.807, 2.05) is 50.1 Å². The lowest BCUT2D eigenvalue weighted by Gasteiger charge is -2.17. The van der Waals surface area contributed by atoms with Crippen LogP contribution >= 0.6 is 0 Å². The van der Waals surface area contributed by atoms with E-state index in [0.29, 0.717) is 6.54 Å². The van der Waals surface area contributed by atoms with Gasteiger partial charge in [0.1, 0.15) is 11.3 Å². The molecule has 0 spiro atoms. The molecule has 5 heteroatoms. The van der Waals surface area contributed by atoms with Crippen LogP contribution in [0.5, 0.6) is 0 Å². The summed E-state index contributed by atoms with van der Waals surface area (Å²) >= 11 is 0. The third-order valence-corrected chi connectivity index (χ3v) is 4.97. The van der Waals surface area contributed by atoms with Crippen LogP contribution in [0.1, 0.15) is 39.6 Å². The first-order valence-electron chi connectivity index (χ1n) is 8.68. The Bertz CT molecular complexity index is 939. The molecule has 25 heavy (non-hydrogen) atoms. The van der Waals surface area contributed by atoms with Crippen molar-refractivity contribution in [3.05, 3.63) is 59.0 Å². The van der Waals surface area contributed by atoms with Crippen molar-refractivity contribution in [3.8, 4) is 0 Å². The Balaban J connectivity index is 1.58. The number of pyridine rings is 1. The Hall–Kier alpha value is -2.69. The fourth-order valence-corrected chi connectivity index (χ4v) is 3.84. The van der Waals surface area contributed by atoms with E-state index in [0.717, 1.165) is 46.6 Å². The summed E-state index contributed by atoms with van der Waals surface area (Å²) in [6.45, 7) is 5.54. The van der Waals surface area contributed by atoms with Gasteiger partial charge in [-0.2, -0.15) is 0 Å². The Morgan fingerprint density at radius 3 is 2.68 bits per heavy atom. The summed E-state index contributed by atoms with van der Waals surface area (Å²) in [5.41, 5.74) is 4.85. The molecule has 3 aromatic rings. The van der Waals surface area contributed by atoms with Gasteiger partial charge >= 0.3 is 0 Å². The standard InChI is InChI=1S/C20H22N4O/c1-13-9-14(2)11-16(10-13)20(25)24-8-6-15(12-24)18-22-17-5-4-7-21-19(17)23(18)3/h4-5,7,9-11,15H,6,8,12H2,1-3H3/t15-/m0/s1. The van der Waals surface area contributed by atoms with E-state index in [1.165, 1.54) is 0 Å². The Kier molecular flexibility index (Phi) is 3.79. The van der Waals surface area contributed by atoms with Crippen molar-refractivity contribution in [1.82, 2.24) is 19.4 Å². The second kappa shape index (κ2) is 5.99. The number of carbonyl (C=O) groups is 1. The van der Waals surface area contributed by atoms with E-state index in [4.69, 9.17) is 4.98 Å². The number of aryl methyl sites for hydroxylation is 3. The monoisotopic (exact) mass is 334 g/mol. The van der Waals surface area contributed by atoms with Crippen LogP contribution in [0.3, 0.4) is 0 Å². The van der Waals surface area contributed by atoms with Crippen LogP contribution in [-0.4, -0.2) is 38.4 Å². The zero-order chi connectivity index (χ0) is 17.6. The lowest BCUT2D eigenvalue weighted by atomic mass is 10.1. The first kappa shape index (κ1) is 15.8. The van der Waals surface area contributed by atoms with Gasteiger partial charge in [-0.15, -0.1) is 0 Å². The molecule has 1 saturated heterocycles. The molecule has 0 N–H and O–H groups in total. The zero-order valence-electron chi connectivity index (χ0n) is 14.9. The SMILES string of the molecule is Cc1cc(C)cc(C(=O)N2CC[C@H](c3nc4cccnc4n3C)C2)c1. The molecule has 1 amide bonds. The zero-order valence-corrected chi connectivity index (χ0v) is 14.9. The summed E-state index contributed by atoms with van der Waals surface area (Å²) in [5.74, 6) is 1.39. The smallest absolute Gasteiger partial charge is 0.253 e. The molecule has 1 aromatic carbocycles. The predicted octanol–water partition coefficient (Wildman–Crippen LogP) is 3.21. The molecule has 1 atom stereocenters. The van der Waals surface area contributed by atoms with Crippen molar-refractivity contribution in [2.75, 3.05) is 13.1 Å². The third kappa shape index (κ3) is 2.80. The quantitative estimate of drug-likeness (QED) is 0.723. The number of hydrogen-bond acceptors (Lipinski definition) is 3. The normalized spacial score (nSPS) is 17.4. The summed E-state index contributed by atoms with van der Waals surface area (Å²) in [6, 6.07) is 9.93. The Labute approximate surface area is 147 Å². The van der Waals surface area contributed by atoms with Crippen molar-refractivity contribution in [3.63, 3.8) is 0 Å². The van der Waals surface area contributed by atoms with Crippen LogP contribution in [0, 0.1) is 13.8 Å². The largest absolute Gasteiger partial charge is 0.338 e. The molecule has 1 aliphatic heterocycles. The number of benzene rings is 1. The van der Waals surface area contributed by atoms with Crippen LogP contribution in [-0.2, 0) is 7.05 Å². The fraction of sp³-hybridized carbons (Fsp3) is 0.350. The predicted molar refractivity (Wildman–Crippen MR) is 97.7 cm³/mol. The molecule has 0 aliphatic carbocycles. The van der Waals surface area contributed by atoms with Crippen molar-refractivity contribution >= 4 is 17.1 Å². The topological polar surface area (TPSA) is 51.0 Å². The molecule has 2 aromatic heterocycles. The molecule has 4 rings (SSSR count). The number of nitrogens with zero attached hydrogens (tertiary/aromatic N) is 4. The summed E-state index contributed by atoms with van der Waals surface area (Å²) in [7, 11) is 2.01. The highest BCUT2D eigenvalue weighted by molar-refractivity contribution is 5.94. The van der Waals surface area contributed by atoms with E-state index in [9.17, 15) is 4.79 Å². The minimum atomic E-state index is 0.117. The minimum absolute atomic E-state index is 0.117. The first-order valence-corrected chi connectivity index (χ1v) is 8.68.